The van der Waals surface area contributed by atoms with E-state index in [0.717, 1.165) is 23.8 Å². The number of nitrogens with one attached hydrogen (secondary N) is 1. The first-order valence-corrected chi connectivity index (χ1v) is 7.02. The molecule has 0 saturated heterocycles. The van der Waals surface area contributed by atoms with Crippen LogP contribution < -0.4 is 5.32 Å². The van der Waals surface area contributed by atoms with Gasteiger partial charge < -0.3 is 5.32 Å². The van der Waals surface area contributed by atoms with Crippen molar-refractivity contribution >= 4 is 0 Å². The monoisotopic (exact) mass is 225 g/mol. The highest BCUT2D eigenvalue weighted by Crippen LogP contribution is 2.29. The van der Waals surface area contributed by atoms with E-state index in [4.69, 9.17) is 0 Å². The van der Waals surface area contributed by atoms with Crippen LogP contribution in [-0.4, -0.2) is 12.6 Å². The minimum atomic E-state index is 0.429. The second kappa shape index (κ2) is 5.53. The molecule has 0 aromatic heterocycles. The Morgan fingerprint density at radius 1 is 1.06 bits per heavy atom. The van der Waals surface area contributed by atoms with Gasteiger partial charge in [0.15, 0.2) is 0 Å². The fraction of sp³-hybridized carbons (Fsp3) is 1.00. The van der Waals surface area contributed by atoms with Crippen molar-refractivity contribution in [1.82, 2.24) is 5.32 Å². The summed E-state index contributed by atoms with van der Waals surface area (Å²) < 4.78 is 0. The molecule has 1 aliphatic carbocycles. The van der Waals surface area contributed by atoms with Gasteiger partial charge in [0.25, 0.3) is 0 Å². The maximum absolute atomic E-state index is 3.79. The van der Waals surface area contributed by atoms with E-state index in [1.54, 1.807) is 0 Å². The van der Waals surface area contributed by atoms with Gasteiger partial charge in [-0.15, -0.1) is 0 Å². The third-order valence-electron chi connectivity index (χ3n) is 4.37. The molecule has 16 heavy (non-hydrogen) atoms. The van der Waals surface area contributed by atoms with Gasteiger partial charge in [0.05, 0.1) is 0 Å². The smallest absolute Gasteiger partial charge is 0.00722 e. The third-order valence-corrected chi connectivity index (χ3v) is 4.37. The number of hydrogen-bond acceptors (Lipinski definition) is 1. The van der Waals surface area contributed by atoms with E-state index in [1.807, 2.05) is 0 Å². The van der Waals surface area contributed by atoms with Crippen LogP contribution in [0.1, 0.15) is 60.8 Å². The van der Waals surface area contributed by atoms with Crippen molar-refractivity contribution in [3.05, 3.63) is 0 Å². The summed E-state index contributed by atoms with van der Waals surface area (Å²) in [6.07, 6.45) is 4.18. The molecule has 0 aromatic rings. The SMILES string of the molecule is CC1CC(C)CC(NCC(C)C(C)(C)C)C1. The van der Waals surface area contributed by atoms with Crippen LogP contribution in [0.25, 0.3) is 0 Å². The summed E-state index contributed by atoms with van der Waals surface area (Å²) >= 11 is 0. The highest BCUT2D eigenvalue weighted by Gasteiger charge is 2.25. The topological polar surface area (TPSA) is 12.0 Å². The molecule has 1 saturated carbocycles. The molecule has 96 valence electrons. The first-order chi connectivity index (χ1) is 7.29. The molecule has 1 aliphatic rings. The Bertz CT molecular complexity index is 194. The lowest BCUT2D eigenvalue weighted by atomic mass is 9.79. The number of rotatable bonds is 3. The largest absolute Gasteiger partial charge is 0.314 e. The molecule has 1 N–H and O–H groups in total. The Hall–Kier alpha value is -0.0400. The standard InChI is InChI=1S/C15H31N/c1-11-7-12(2)9-14(8-11)16-10-13(3)15(4,5)6/h11-14,16H,7-10H2,1-6H3. The van der Waals surface area contributed by atoms with Crippen LogP contribution in [0.2, 0.25) is 0 Å². The first kappa shape index (κ1) is 14.0. The van der Waals surface area contributed by atoms with Crippen LogP contribution in [-0.2, 0) is 0 Å². The molecule has 1 rings (SSSR count). The average Bonchev–Trinajstić information content (AvgIpc) is 2.11. The van der Waals surface area contributed by atoms with E-state index in [0.29, 0.717) is 5.41 Å². The van der Waals surface area contributed by atoms with Crippen molar-refractivity contribution in [2.24, 2.45) is 23.2 Å². The highest BCUT2D eigenvalue weighted by molar-refractivity contribution is 4.81. The molecular formula is C15H31N. The zero-order valence-corrected chi connectivity index (χ0v) is 12.1. The van der Waals surface area contributed by atoms with Crippen molar-refractivity contribution in [3.8, 4) is 0 Å². The summed E-state index contributed by atoms with van der Waals surface area (Å²) in [5.74, 6) is 2.57. The van der Waals surface area contributed by atoms with Gasteiger partial charge in [0.2, 0.25) is 0 Å². The Morgan fingerprint density at radius 3 is 2.00 bits per heavy atom. The van der Waals surface area contributed by atoms with Crippen LogP contribution in [0.3, 0.4) is 0 Å². The van der Waals surface area contributed by atoms with E-state index in [-0.39, 0.29) is 0 Å². The molecule has 0 radical (unpaired) electrons. The number of hydrogen-bond donors (Lipinski definition) is 1. The van der Waals surface area contributed by atoms with Crippen LogP contribution in [0.4, 0.5) is 0 Å². The Morgan fingerprint density at radius 2 is 1.56 bits per heavy atom. The molecule has 1 heteroatoms. The molecule has 1 nitrogen and oxygen atoms in total. The van der Waals surface area contributed by atoms with Crippen LogP contribution >= 0.6 is 0 Å². The van der Waals surface area contributed by atoms with Gasteiger partial charge in [-0.25, -0.2) is 0 Å². The highest BCUT2D eigenvalue weighted by atomic mass is 14.9. The zero-order chi connectivity index (χ0) is 12.3. The molecule has 3 unspecified atom stereocenters. The quantitative estimate of drug-likeness (QED) is 0.763. The first-order valence-electron chi connectivity index (χ1n) is 7.02. The van der Waals surface area contributed by atoms with Gasteiger partial charge in [0.1, 0.15) is 0 Å². The lowest BCUT2D eigenvalue weighted by Gasteiger charge is -2.35. The van der Waals surface area contributed by atoms with Gasteiger partial charge in [0, 0.05) is 6.04 Å². The predicted octanol–water partition coefficient (Wildman–Crippen LogP) is 4.08. The van der Waals surface area contributed by atoms with Crippen molar-refractivity contribution in [2.75, 3.05) is 6.54 Å². The van der Waals surface area contributed by atoms with Gasteiger partial charge >= 0.3 is 0 Å². The maximum Gasteiger partial charge on any atom is 0.00722 e. The second-order valence-corrected chi connectivity index (χ2v) is 7.29. The normalized spacial score (nSPS) is 33.8. The van der Waals surface area contributed by atoms with Gasteiger partial charge in [-0.05, 0) is 49.0 Å². The minimum absolute atomic E-state index is 0.429. The van der Waals surface area contributed by atoms with E-state index >= 15 is 0 Å². The zero-order valence-electron chi connectivity index (χ0n) is 12.1. The van der Waals surface area contributed by atoms with E-state index in [9.17, 15) is 0 Å². The second-order valence-electron chi connectivity index (χ2n) is 7.29. The van der Waals surface area contributed by atoms with Gasteiger partial charge in [-0.1, -0.05) is 41.5 Å². The minimum Gasteiger partial charge on any atom is -0.314 e. The molecule has 0 bridgehead atoms. The lowest BCUT2D eigenvalue weighted by molar-refractivity contribution is 0.202. The summed E-state index contributed by atoms with van der Waals surface area (Å²) in [7, 11) is 0. The van der Waals surface area contributed by atoms with Crippen LogP contribution in [0.15, 0.2) is 0 Å². The Kier molecular flexibility index (Phi) is 4.85. The summed E-state index contributed by atoms with van der Waals surface area (Å²) in [5.41, 5.74) is 0.429. The van der Waals surface area contributed by atoms with Crippen LogP contribution in [0, 0.1) is 23.2 Å². The van der Waals surface area contributed by atoms with E-state index in [1.165, 1.54) is 25.8 Å². The third kappa shape index (κ3) is 4.45. The predicted molar refractivity (Wildman–Crippen MR) is 72.6 cm³/mol. The molecule has 1 fully saturated rings. The molecule has 3 atom stereocenters. The van der Waals surface area contributed by atoms with E-state index in [2.05, 4.69) is 46.9 Å². The summed E-state index contributed by atoms with van der Waals surface area (Å²) in [4.78, 5) is 0. The molecular weight excluding hydrogens is 194 g/mol. The Labute approximate surface area is 102 Å². The molecule has 0 amide bonds. The Balaban J connectivity index is 2.32. The lowest BCUT2D eigenvalue weighted by Crippen LogP contribution is -2.40. The summed E-state index contributed by atoms with van der Waals surface area (Å²) in [6, 6.07) is 0.767. The average molecular weight is 225 g/mol. The van der Waals surface area contributed by atoms with Gasteiger partial charge in [-0.3, -0.25) is 0 Å². The van der Waals surface area contributed by atoms with Crippen molar-refractivity contribution in [2.45, 2.75) is 66.8 Å². The van der Waals surface area contributed by atoms with Gasteiger partial charge in [-0.2, -0.15) is 0 Å². The maximum atomic E-state index is 3.79. The van der Waals surface area contributed by atoms with Crippen molar-refractivity contribution in [1.29, 1.82) is 0 Å². The molecule has 0 aliphatic heterocycles. The molecule has 0 spiro atoms. The van der Waals surface area contributed by atoms with E-state index < -0.39 is 0 Å². The fourth-order valence-corrected chi connectivity index (χ4v) is 2.76. The summed E-state index contributed by atoms with van der Waals surface area (Å²) in [5, 5.41) is 3.79. The molecule has 0 heterocycles. The fourth-order valence-electron chi connectivity index (χ4n) is 2.76. The summed E-state index contributed by atoms with van der Waals surface area (Å²) in [6.45, 7) is 15.4. The van der Waals surface area contributed by atoms with Crippen LogP contribution in [0.5, 0.6) is 0 Å². The van der Waals surface area contributed by atoms with Crippen molar-refractivity contribution in [3.63, 3.8) is 0 Å². The molecule has 0 aromatic carbocycles. The van der Waals surface area contributed by atoms with Crippen molar-refractivity contribution < 1.29 is 0 Å².